The number of hydrogen-bond donors (Lipinski definition) is 1. The molecular weight excluding hydrogens is 357 g/mol. The Labute approximate surface area is 161 Å². The average molecular weight is 379 g/mol. The number of hydrogen-bond acceptors (Lipinski definition) is 3. The van der Waals surface area contributed by atoms with Crippen molar-refractivity contribution >= 4 is 10.9 Å². The highest BCUT2D eigenvalue weighted by molar-refractivity contribution is 5.76. The highest BCUT2D eigenvalue weighted by Crippen LogP contribution is 2.51. The quantitative estimate of drug-likeness (QED) is 0.758. The van der Waals surface area contributed by atoms with Gasteiger partial charge in [0.1, 0.15) is 5.82 Å². The Kier molecular flexibility index (Phi) is 4.16. The topological polar surface area (TPSA) is 58.1 Å². The molecule has 0 amide bonds. The number of nitrogens with one attached hydrogen (secondary N) is 1. The van der Waals surface area contributed by atoms with E-state index in [9.17, 15) is 14.0 Å². The Balaban J connectivity index is 1.28. The summed E-state index contributed by atoms with van der Waals surface area (Å²) in [5.74, 6) is 1.53. The predicted molar refractivity (Wildman–Crippen MR) is 106 cm³/mol. The fraction of sp³-hybridized carbons (Fsp3) is 0.364. The number of benzene rings is 2. The van der Waals surface area contributed by atoms with Crippen LogP contribution in [0, 0.1) is 17.7 Å². The molecule has 1 aliphatic carbocycles. The molecule has 0 spiro atoms. The second-order valence-electron chi connectivity index (χ2n) is 8.01. The molecule has 1 unspecified atom stereocenters. The SMILES string of the molecule is O=c1[nH]c2ccccc2c(=O)n1CCN1C[C@@H]2CC(c3ccc(F)cc3)[C@@H]2C1. The van der Waals surface area contributed by atoms with Crippen molar-refractivity contribution in [3.05, 3.63) is 80.7 Å². The van der Waals surface area contributed by atoms with E-state index in [-0.39, 0.29) is 17.1 Å². The van der Waals surface area contributed by atoms with Crippen molar-refractivity contribution in [3.63, 3.8) is 0 Å². The van der Waals surface area contributed by atoms with Gasteiger partial charge < -0.3 is 9.88 Å². The van der Waals surface area contributed by atoms with Crippen LogP contribution in [0.1, 0.15) is 17.9 Å². The number of nitrogens with zero attached hydrogens (tertiary/aromatic N) is 2. The van der Waals surface area contributed by atoms with Gasteiger partial charge in [-0.25, -0.2) is 9.18 Å². The maximum absolute atomic E-state index is 13.2. The van der Waals surface area contributed by atoms with E-state index in [0.717, 1.165) is 19.5 Å². The number of para-hydroxylation sites is 1. The minimum atomic E-state index is -0.352. The lowest BCUT2D eigenvalue weighted by atomic mass is 9.64. The fourth-order valence-corrected chi connectivity index (χ4v) is 4.92. The summed E-state index contributed by atoms with van der Waals surface area (Å²) >= 11 is 0. The van der Waals surface area contributed by atoms with Gasteiger partial charge in [-0.2, -0.15) is 0 Å². The summed E-state index contributed by atoms with van der Waals surface area (Å²) in [5, 5.41) is 0.542. The summed E-state index contributed by atoms with van der Waals surface area (Å²) < 4.78 is 14.5. The minimum absolute atomic E-state index is 0.196. The van der Waals surface area contributed by atoms with E-state index in [1.54, 1.807) is 24.3 Å². The molecule has 28 heavy (non-hydrogen) atoms. The van der Waals surface area contributed by atoms with Crippen LogP contribution in [0.4, 0.5) is 4.39 Å². The van der Waals surface area contributed by atoms with Crippen molar-refractivity contribution < 1.29 is 4.39 Å². The van der Waals surface area contributed by atoms with Gasteiger partial charge in [-0.05, 0) is 54.0 Å². The van der Waals surface area contributed by atoms with E-state index in [2.05, 4.69) is 9.88 Å². The second-order valence-corrected chi connectivity index (χ2v) is 8.01. The molecule has 144 valence electrons. The highest BCUT2D eigenvalue weighted by atomic mass is 19.1. The maximum atomic E-state index is 13.2. The Bertz CT molecular complexity index is 1130. The van der Waals surface area contributed by atoms with Gasteiger partial charge in [-0.15, -0.1) is 0 Å². The van der Waals surface area contributed by atoms with E-state index in [4.69, 9.17) is 0 Å². The zero-order chi connectivity index (χ0) is 19.3. The van der Waals surface area contributed by atoms with Crippen molar-refractivity contribution in [2.24, 2.45) is 11.8 Å². The van der Waals surface area contributed by atoms with E-state index in [1.807, 2.05) is 12.1 Å². The average Bonchev–Trinajstić information content (AvgIpc) is 2.99. The van der Waals surface area contributed by atoms with Gasteiger partial charge in [0.25, 0.3) is 5.56 Å². The van der Waals surface area contributed by atoms with Gasteiger partial charge in [0.05, 0.1) is 10.9 Å². The number of H-pyrrole nitrogens is 1. The van der Waals surface area contributed by atoms with E-state index < -0.39 is 0 Å². The molecule has 5 rings (SSSR count). The monoisotopic (exact) mass is 379 g/mol. The Morgan fingerprint density at radius 2 is 1.79 bits per heavy atom. The first-order valence-corrected chi connectivity index (χ1v) is 9.80. The number of likely N-dealkylation sites (tertiary alicyclic amines) is 1. The molecule has 2 aromatic carbocycles. The summed E-state index contributed by atoms with van der Waals surface area (Å²) in [6, 6.07) is 14.0. The molecular formula is C22H22FN3O2. The molecule has 5 nitrogen and oxygen atoms in total. The summed E-state index contributed by atoms with van der Waals surface area (Å²) in [7, 11) is 0. The molecule has 0 bridgehead atoms. The first-order chi connectivity index (χ1) is 13.6. The van der Waals surface area contributed by atoms with E-state index >= 15 is 0 Å². The summed E-state index contributed by atoms with van der Waals surface area (Å²) in [5.41, 5.74) is 1.21. The third-order valence-corrected chi connectivity index (χ3v) is 6.47. The van der Waals surface area contributed by atoms with Crippen molar-refractivity contribution in [2.45, 2.75) is 18.9 Å². The molecule has 1 saturated carbocycles. The van der Waals surface area contributed by atoms with Gasteiger partial charge in [-0.3, -0.25) is 9.36 Å². The van der Waals surface area contributed by atoms with Crippen molar-refractivity contribution in [1.29, 1.82) is 0 Å². The molecule has 0 radical (unpaired) electrons. The highest BCUT2D eigenvalue weighted by Gasteiger charge is 2.47. The van der Waals surface area contributed by atoms with Crippen molar-refractivity contribution in [2.75, 3.05) is 19.6 Å². The molecule has 1 N–H and O–H groups in total. The smallest absolute Gasteiger partial charge is 0.307 e. The van der Waals surface area contributed by atoms with Crippen LogP contribution in [-0.4, -0.2) is 34.1 Å². The molecule has 3 aromatic rings. The van der Waals surface area contributed by atoms with Crippen LogP contribution in [0.3, 0.4) is 0 Å². The van der Waals surface area contributed by atoms with Crippen molar-refractivity contribution in [3.8, 4) is 0 Å². The molecule has 1 aliphatic heterocycles. The third kappa shape index (κ3) is 2.88. The van der Waals surface area contributed by atoms with Crippen molar-refractivity contribution in [1.82, 2.24) is 14.5 Å². The van der Waals surface area contributed by atoms with Gasteiger partial charge in [-0.1, -0.05) is 24.3 Å². The van der Waals surface area contributed by atoms with Crippen LogP contribution in [0.15, 0.2) is 58.1 Å². The lowest BCUT2D eigenvalue weighted by molar-refractivity contribution is 0.191. The summed E-state index contributed by atoms with van der Waals surface area (Å²) in [6.07, 6.45) is 1.13. The zero-order valence-electron chi connectivity index (χ0n) is 15.5. The van der Waals surface area contributed by atoms with Gasteiger partial charge in [0, 0.05) is 26.2 Å². The number of halogens is 1. The largest absolute Gasteiger partial charge is 0.328 e. The number of rotatable bonds is 4. The summed E-state index contributed by atoms with van der Waals surface area (Å²) in [6.45, 7) is 3.04. The molecule has 1 aromatic heterocycles. The molecule has 6 heteroatoms. The van der Waals surface area contributed by atoms with Gasteiger partial charge in [0.2, 0.25) is 0 Å². The van der Waals surface area contributed by atoms with Crippen LogP contribution in [0.5, 0.6) is 0 Å². The Hall–Kier alpha value is -2.73. The predicted octanol–water partition coefficient (Wildman–Crippen LogP) is 2.56. The number of fused-ring (bicyclic) bond motifs is 2. The molecule has 3 atom stereocenters. The molecule has 1 saturated heterocycles. The zero-order valence-corrected chi connectivity index (χ0v) is 15.5. The summed E-state index contributed by atoms with van der Waals surface area (Å²) in [4.78, 5) is 30.1. The first kappa shape index (κ1) is 17.4. The van der Waals surface area contributed by atoms with Crippen LogP contribution in [0.2, 0.25) is 0 Å². The second kappa shape index (κ2) is 6.71. The van der Waals surface area contributed by atoms with Crippen LogP contribution >= 0.6 is 0 Å². The third-order valence-electron chi connectivity index (χ3n) is 6.47. The van der Waals surface area contributed by atoms with Crippen LogP contribution in [0.25, 0.3) is 10.9 Å². The van der Waals surface area contributed by atoms with Crippen LogP contribution in [-0.2, 0) is 6.54 Å². The van der Waals surface area contributed by atoms with Crippen LogP contribution < -0.4 is 11.2 Å². The normalized spacial score (nSPS) is 24.2. The molecule has 2 aliphatic rings. The van der Waals surface area contributed by atoms with E-state index in [1.165, 1.54) is 22.3 Å². The lowest BCUT2D eigenvalue weighted by Crippen LogP contribution is -2.38. The number of aromatic nitrogens is 2. The Morgan fingerprint density at radius 1 is 1.00 bits per heavy atom. The van der Waals surface area contributed by atoms with Gasteiger partial charge >= 0.3 is 5.69 Å². The molecule has 2 fully saturated rings. The number of aromatic amines is 1. The lowest BCUT2D eigenvalue weighted by Gasteiger charge is -2.40. The first-order valence-electron chi connectivity index (χ1n) is 9.80. The maximum Gasteiger partial charge on any atom is 0.328 e. The fourth-order valence-electron chi connectivity index (χ4n) is 4.92. The Morgan fingerprint density at radius 3 is 2.61 bits per heavy atom. The molecule has 2 heterocycles. The minimum Gasteiger partial charge on any atom is -0.307 e. The standard InChI is InChI=1S/C22H22FN3O2/c23-16-7-5-14(6-8-16)18-11-15-12-25(13-19(15)18)9-10-26-21(27)17-3-1-2-4-20(17)24-22(26)28/h1-8,15,18-19H,9-13H2,(H,24,28)/t15-,18?,19+/m0/s1. The van der Waals surface area contributed by atoms with Gasteiger partial charge in [0.15, 0.2) is 0 Å². The van der Waals surface area contributed by atoms with E-state index in [0.29, 0.717) is 41.7 Å².